The van der Waals surface area contributed by atoms with Crippen LogP contribution < -0.4 is 0 Å². The summed E-state index contributed by atoms with van der Waals surface area (Å²) in [6.07, 6.45) is 5.87. The number of carbonyl (C=O) groups is 2. The Balaban J connectivity index is 3.77. The molecule has 0 aromatic heterocycles. The van der Waals surface area contributed by atoms with Crippen LogP contribution in [-0.4, -0.2) is 33.9 Å². The number of rotatable bonds is 10. The molecule has 0 bridgehead atoms. The standard InChI is InChI=1S/2C7H14O2.Sn/c2*1-3-4-5-6(2)7(8)9;/h2*6H,3-5H2,1-2H3,(H,8,9);/q;;+2/p-2. The normalized spacial score (nSPS) is 13.7. The maximum absolute atomic E-state index is 11.6. The SMILES string of the molecule is CCCCC(C)C(=O)[O][Sn][O]C(=O)C(C)CCCC. The Morgan fingerprint density at radius 2 is 1.26 bits per heavy atom. The van der Waals surface area contributed by atoms with Crippen LogP contribution in [0.3, 0.4) is 0 Å². The van der Waals surface area contributed by atoms with E-state index in [-0.39, 0.29) is 23.8 Å². The molecular formula is C14H26O4Sn. The molecule has 0 amide bonds. The van der Waals surface area contributed by atoms with Crippen molar-refractivity contribution in [2.75, 3.05) is 0 Å². The van der Waals surface area contributed by atoms with E-state index in [0.717, 1.165) is 38.5 Å². The van der Waals surface area contributed by atoms with Crippen molar-refractivity contribution in [3.05, 3.63) is 0 Å². The predicted octanol–water partition coefficient (Wildman–Crippen LogP) is 3.26. The van der Waals surface area contributed by atoms with Crippen LogP contribution in [-0.2, 0) is 15.7 Å². The quantitative estimate of drug-likeness (QED) is 0.549. The van der Waals surface area contributed by atoms with Crippen LogP contribution in [0.5, 0.6) is 0 Å². The molecule has 0 fully saturated rings. The first-order valence-corrected chi connectivity index (χ1v) is 9.52. The number of hydrogen-bond acceptors (Lipinski definition) is 4. The summed E-state index contributed by atoms with van der Waals surface area (Å²) in [5.41, 5.74) is 0. The van der Waals surface area contributed by atoms with Crippen molar-refractivity contribution in [2.45, 2.75) is 66.2 Å². The van der Waals surface area contributed by atoms with Crippen LogP contribution >= 0.6 is 0 Å². The molecule has 110 valence electrons. The van der Waals surface area contributed by atoms with E-state index in [0.29, 0.717) is 0 Å². The predicted molar refractivity (Wildman–Crippen MR) is 75.3 cm³/mol. The molecule has 0 saturated heterocycles. The molecule has 0 heterocycles. The maximum atomic E-state index is 11.6. The fourth-order valence-electron chi connectivity index (χ4n) is 1.56. The summed E-state index contributed by atoms with van der Waals surface area (Å²) in [5.74, 6) is -0.600. The third-order valence-corrected chi connectivity index (χ3v) is 4.69. The Labute approximate surface area is 127 Å². The molecule has 0 aromatic rings. The van der Waals surface area contributed by atoms with Gasteiger partial charge in [0.15, 0.2) is 0 Å². The molecule has 0 spiro atoms. The zero-order valence-electron chi connectivity index (χ0n) is 12.5. The van der Waals surface area contributed by atoms with Crippen LogP contribution in [0.25, 0.3) is 0 Å². The fraction of sp³-hybridized carbons (Fsp3) is 0.857. The van der Waals surface area contributed by atoms with E-state index in [1.165, 1.54) is 0 Å². The van der Waals surface area contributed by atoms with Gasteiger partial charge in [-0.3, -0.25) is 0 Å². The van der Waals surface area contributed by atoms with Crippen molar-refractivity contribution in [1.29, 1.82) is 0 Å². The van der Waals surface area contributed by atoms with Crippen LogP contribution in [0.15, 0.2) is 0 Å². The van der Waals surface area contributed by atoms with E-state index in [2.05, 4.69) is 13.8 Å². The molecule has 2 atom stereocenters. The first-order chi connectivity index (χ1) is 9.02. The van der Waals surface area contributed by atoms with Gasteiger partial charge in [-0.1, -0.05) is 0 Å². The Morgan fingerprint density at radius 3 is 1.58 bits per heavy atom. The second kappa shape index (κ2) is 11.6. The Hall–Kier alpha value is -0.261. The van der Waals surface area contributed by atoms with Crippen molar-refractivity contribution >= 4 is 33.9 Å². The summed E-state index contributed by atoms with van der Waals surface area (Å²) >= 11 is -1.80. The molecule has 0 rings (SSSR count). The van der Waals surface area contributed by atoms with Gasteiger partial charge < -0.3 is 0 Å². The van der Waals surface area contributed by atoms with Crippen LogP contribution in [0.1, 0.15) is 66.2 Å². The molecule has 19 heavy (non-hydrogen) atoms. The third kappa shape index (κ3) is 9.30. The van der Waals surface area contributed by atoms with Gasteiger partial charge >= 0.3 is 128 Å². The number of unbranched alkanes of at least 4 members (excludes halogenated alkanes) is 2. The van der Waals surface area contributed by atoms with Gasteiger partial charge in [0, 0.05) is 0 Å². The summed E-state index contributed by atoms with van der Waals surface area (Å²) in [5, 5.41) is 0. The van der Waals surface area contributed by atoms with Gasteiger partial charge in [-0.05, 0) is 0 Å². The summed E-state index contributed by atoms with van der Waals surface area (Å²) in [4.78, 5) is 23.2. The van der Waals surface area contributed by atoms with Gasteiger partial charge in [-0.2, -0.15) is 0 Å². The van der Waals surface area contributed by atoms with Gasteiger partial charge in [-0.25, -0.2) is 0 Å². The average Bonchev–Trinajstić information content (AvgIpc) is 2.41. The molecule has 0 aliphatic carbocycles. The van der Waals surface area contributed by atoms with E-state index in [9.17, 15) is 9.59 Å². The summed E-state index contributed by atoms with van der Waals surface area (Å²) in [6, 6.07) is 0. The van der Waals surface area contributed by atoms with E-state index in [4.69, 9.17) is 6.15 Å². The Bertz CT molecular complexity index is 242. The first kappa shape index (κ1) is 18.7. The van der Waals surface area contributed by atoms with Gasteiger partial charge in [0.2, 0.25) is 0 Å². The molecule has 5 heteroatoms. The van der Waals surface area contributed by atoms with Crippen LogP contribution in [0.2, 0.25) is 0 Å². The Morgan fingerprint density at radius 1 is 0.895 bits per heavy atom. The van der Waals surface area contributed by atoms with E-state index < -0.39 is 22.0 Å². The van der Waals surface area contributed by atoms with Crippen molar-refractivity contribution in [3.63, 3.8) is 0 Å². The minimum absolute atomic E-state index is 0.0860. The number of carbonyl (C=O) groups excluding carboxylic acids is 2. The first-order valence-electron chi connectivity index (χ1n) is 7.19. The minimum atomic E-state index is -1.80. The molecule has 0 saturated carbocycles. The van der Waals surface area contributed by atoms with Crippen molar-refractivity contribution in [2.24, 2.45) is 11.8 Å². The number of hydrogen-bond donors (Lipinski definition) is 0. The fourth-order valence-corrected chi connectivity index (χ4v) is 3.30. The molecule has 0 aliphatic heterocycles. The zero-order valence-corrected chi connectivity index (χ0v) is 15.4. The average molecular weight is 377 g/mol. The monoisotopic (exact) mass is 378 g/mol. The van der Waals surface area contributed by atoms with Gasteiger partial charge in [-0.15, -0.1) is 0 Å². The van der Waals surface area contributed by atoms with E-state index in [1.54, 1.807) is 0 Å². The van der Waals surface area contributed by atoms with Crippen molar-refractivity contribution < 1.29 is 15.7 Å². The molecule has 2 unspecified atom stereocenters. The van der Waals surface area contributed by atoms with Gasteiger partial charge in [0.05, 0.1) is 0 Å². The summed E-state index contributed by atoms with van der Waals surface area (Å²) in [6.45, 7) is 7.91. The van der Waals surface area contributed by atoms with Gasteiger partial charge in [0.25, 0.3) is 0 Å². The second-order valence-electron chi connectivity index (χ2n) is 5.01. The topological polar surface area (TPSA) is 52.6 Å². The third-order valence-electron chi connectivity index (χ3n) is 3.07. The summed E-state index contributed by atoms with van der Waals surface area (Å²) in [7, 11) is 0. The molecule has 2 radical (unpaired) electrons. The van der Waals surface area contributed by atoms with E-state index >= 15 is 0 Å². The van der Waals surface area contributed by atoms with Crippen molar-refractivity contribution in [3.8, 4) is 0 Å². The molecule has 0 N–H and O–H groups in total. The molecule has 0 aliphatic rings. The van der Waals surface area contributed by atoms with Crippen LogP contribution in [0, 0.1) is 11.8 Å². The van der Waals surface area contributed by atoms with E-state index in [1.807, 2.05) is 13.8 Å². The molecular weight excluding hydrogens is 351 g/mol. The van der Waals surface area contributed by atoms with Crippen molar-refractivity contribution in [1.82, 2.24) is 0 Å². The van der Waals surface area contributed by atoms with Crippen LogP contribution in [0.4, 0.5) is 0 Å². The molecule has 4 nitrogen and oxygen atoms in total. The summed E-state index contributed by atoms with van der Waals surface area (Å²) < 4.78 is 10.2. The Kier molecular flexibility index (Phi) is 11.4. The zero-order chi connectivity index (χ0) is 14.7. The second-order valence-corrected chi connectivity index (χ2v) is 6.65. The van der Waals surface area contributed by atoms with Gasteiger partial charge in [0.1, 0.15) is 0 Å². The molecule has 0 aromatic carbocycles.